The molecule has 0 amide bonds. The lowest BCUT2D eigenvalue weighted by atomic mass is 9.80. The first-order valence-corrected chi connectivity index (χ1v) is 6.44. The van der Waals surface area contributed by atoms with Crippen LogP contribution in [0.1, 0.15) is 45.2 Å². The van der Waals surface area contributed by atoms with Gasteiger partial charge in [-0.15, -0.1) is 0 Å². The van der Waals surface area contributed by atoms with Gasteiger partial charge < -0.3 is 5.32 Å². The first kappa shape index (κ1) is 15.1. The van der Waals surface area contributed by atoms with Crippen molar-refractivity contribution in [2.45, 2.75) is 52.5 Å². The average molecular weight is 255 g/mol. The summed E-state index contributed by atoms with van der Waals surface area (Å²) in [6, 6.07) is 3.74. The Bertz CT molecular complexity index is 411. The van der Waals surface area contributed by atoms with E-state index in [2.05, 4.69) is 19.2 Å². The van der Waals surface area contributed by atoms with Crippen molar-refractivity contribution in [1.29, 1.82) is 0 Å². The fraction of sp³-hybridized carbons (Fsp3) is 0.600. The molecule has 0 heterocycles. The van der Waals surface area contributed by atoms with E-state index in [1.165, 1.54) is 0 Å². The van der Waals surface area contributed by atoms with Gasteiger partial charge in [0.25, 0.3) is 0 Å². The second kappa shape index (κ2) is 5.79. The van der Waals surface area contributed by atoms with Gasteiger partial charge in [0.15, 0.2) is 11.6 Å². The SMILES string of the molecule is Cc1ccc(C(C)(C)CCNC(C)C)c(F)c1F. The van der Waals surface area contributed by atoms with E-state index in [-0.39, 0.29) is 5.41 Å². The summed E-state index contributed by atoms with van der Waals surface area (Å²) in [4.78, 5) is 0. The number of aryl methyl sites for hydroxylation is 1. The molecular weight excluding hydrogens is 232 g/mol. The number of nitrogens with one attached hydrogen (secondary N) is 1. The summed E-state index contributed by atoms with van der Waals surface area (Å²) in [5.41, 5.74) is 0.434. The fourth-order valence-electron chi connectivity index (χ4n) is 1.98. The molecule has 18 heavy (non-hydrogen) atoms. The summed E-state index contributed by atoms with van der Waals surface area (Å²) in [6.07, 6.45) is 0.768. The Morgan fingerprint density at radius 3 is 2.33 bits per heavy atom. The smallest absolute Gasteiger partial charge is 0.162 e. The van der Waals surface area contributed by atoms with Crippen LogP contribution >= 0.6 is 0 Å². The van der Waals surface area contributed by atoms with Crippen LogP contribution in [-0.2, 0) is 5.41 Å². The predicted octanol–water partition coefficient (Wildman–Crippen LogP) is 3.94. The van der Waals surface area contributed by atoms with Crippen LogP contribution in [0.5, 0.6) is 0 Å². The molecule has 0 saturated carbocycles. The topological polar surface area (TPSA) is 12.0 Å². The van der Waals surface area contributed by atoms with Crippen LogP contribution in [0.25, 0.3) is 0 Å². The Morgan fingerprint density at radius 1 is 1.17 bits per heavy atom. The molecule has 1 aromatic rings. The van der Waals surface area contributed by atoms with Crippen molar-refractivity contribution in [3.63, 3.8) is 0 Å². The van der Waals surface area contributed by atoms with E-state index in [9.17, 15) is 8.78 Å². The van der Waals surface area contributed by atoms with E-state index in [0.29, 0.717) is 17.2 Å². The maximum absolute atomic E-state index is 13.9. The molecule has 1 N–H and O–H groups in total. The van der Waals surface area contributed by atoms with E-state index < -0.39 is 11.6 Å². The zero-order chi connectivity index (χ0) is 13.9. The summed E-state index contributed by atoms with van der Waals surface area (Å²) in [5.74, 6) is -1.43. The zero-order valence-electron chi connectivity index (χ0n) is 11.9. The molecule has 0 unspecified atom stereocenters. The Balaban J connectivity index is 2.88. The summed E-state index contributed by atoms with van der Waals surface area (Å²) in [5, 5.41) is 3.30. The molecule has 0 aliphatic heterocycles. The largest absolute Gasteiger partial charge is 0.315 e. The van der Waals surface area contributed by atoms with Crippen LogP contribution in [-0.4, -0.2) is 12.6 Å². The Labute approximate surface area is 109 Å². The van der Waals surface area contributed by atoms with Crippen LogP contribution in [0.2, 0.25) is 0 Å². The van der Waals surface area contributed by atoms with Crippen molar-refractivity contribution in [3.05, 3.63) is 34.9 Å². The molecule has 1 nitrogen and oxygen atoms in total. The second-order valence-corrected chi connectivity index (χ2v) is 5.80. The van der Waals surface area contributed by atoms with Gasteiger partial charge >= 0.3 is 0 Å². The number of hydrogen-bond donors (Lipinski definition) is 1. The molecule has 0 aromatic heterocycles. The lowest BCUT2D eigenvalue weighted by molar-refractivity contribution is 0.407. The number of benzene rings is 1. The Morgan fingerprint density at radius 2 is 1.78 bits per heavy atom. The average Bonchev–Trinajstić information content (AvgIpc) is 2.24. The third-order valence-electron chi connectivity index (χ3n) is 3.31. The van der Waals surface area contributed by atoms with Crippen LogP contribution in [0.15, 0.2) is 12.1 Å². The quantitative estimate of drug-likeness (QED) is 0.840. The molecule has 102 valence electrons. The van der Waals surface area contributed by atoms with Crippen LogP contribution in [0, 0.1) is 18.6 Å². The highest BCUT2D eigenvalue weighted by atomic mass is 19.2. The third-order valence-corrected chi connectivity index (χ3v) is 3.31. The molecular formula is C15H23F2N. The predicted molar refractivity (Wildman–Crippen MR) is 71.9 cm³/mol. The number of halogens is 2. The first-order chi connectivity index (χ1) is 8.25. The van der Waals surface area contributed by atoms with Crippen molar-refractivity contribution in [2.24, 2.45) is 0 Å². The molecule has 0 aliphatic rings. The fourth-order valence-corrected chi connectivity index (χ4v) is 1.98. The minimum absolute atomic E-state index is 0.354. The highest BCUT2D eigenvalue weighted by Gasteiger charge is 2.26. The lowest BCUT2D eigenvalue weighted by Gasteiger charge is -2.27. The lowest BCUT2D eigenvalue weighted by Crippen LogP contribution is -2.30. The van der Waals surface area contributed by atoms with Crippen molar-refractivity contribution in [3.8, 4) is 0 Å². The number of rotatable bonds is 5. The van der Waals surface area contributed by atoms with Gasteiger partial charge in [-0.05, 0) is 36.4 Å². The second-order valence-electron chi connectivity index (χ2n) is 5.80. The summed E-state index contributed by atoms with van der Waals surface area (Å²) in [6.45, 7) is 10.4. The van der Waals surface area contributed by atoms with Crippen molar-refractivity contribution < 1.29 is 8.78 Å². The van der Waals surface area contributed by atoms with Gasteiger partial charge in [-0.3, -0.25) is 0 Å². The standard InChI is InChI=1S/C15H23F2N/c1-10(2)18-9-8-15(4,5)12-7-6-11(3)13(16)14(12)17/h6-7,10,18H,8-9H2,1-5H3. The molecule has 0 atom stereocenters. The first-order valence-electron chi connectivity index (χ1n) is 6.44. The molecule has 1 rings (SSSR count). The maximum atomic E-state index is 13.9. The number of hydrogen-bond acceptors (Lipinski definition) is 1. The molecule has 0 aliphatic carbocycles. The van der Waals surface area contributed by atoms with Gasteiger partial charge in [-0.1, -0.05) is 39.8 Å². The molecule has 0 bridgehead atoms. The van der Waals surface area contributed by atoms with E-state index in [1.807, 2.05) is 13.8 Å². The molecule has 0 spiro atoms. The van der Waals surface area contributed by atoms with Gasteiger partial charge in [-0.2, -0.15) is 0 Å². The van der Waals surface area contributed by atoms with Gasteiger partial charge in [0.2, 0.25) is 0 Å². The van der Waals surface area contributed by atoms with E-state index in [0.717, 1.165) is 13.0 Å². The van der Waals surface area contributed by atoms with Crippen LogP contribution in [0.4, 0.5) is 8.78 Å². The van der Waals surface area contributed by atoms with E-state index in [1.54, 1.807) is 19.1 Å². The third kappa shape index (κ3) is 3.52. The summed E-state index contributed by atoms with van der Waals surface area (Å²) < 4.78 is 27.5. The Hall–Kier alpha value is -0.960. The van der Waals surface area contributed by atoms with Gasteiger partial charge in [0.1, 0.15) is 0 Å². The zero-order valence-corrected chi connectivity index (χ0v) is 11.9. The molecule has 1 aromatic carbocycles. The van der Waals surface area contributed by atoms with Crippen molar-refractivity contribution >= 4 is 0 Å². The highest BCUT2D eigenvalue weighted by molar-refractivity contribution is 5.30. The van der Waals surface area contributed by atoms with Gasteiger partial charge in [0.05, 0.1) is 0 Å². The molecule has 0 saturated heterocycles. The van der Waals surface area contributed by atoms with Gasteiger partial charge in [-0.25, -0.2) is 8.78 Å². The highest BCUT2D eigenvalue weighted by Crippen LogP contribution is 2.30. The maximum Gasteiger partial charge on any atom is 0.162 e. The van der Waals surface area contributed by atoms with E-state index >= 15 is 0 Å². The summed E-state index contributed by atoms with van der Waals surface area (Å²) in [7, 11) is 0. The minimum atomic E-state index is -0.725. The molecule has 0 radical (unpaired) electrons. The molecule has 3 heteroatoms. The van der Waals surface area contributed by atoms with Crippen LogP contribution in [0.3, 0.4) is 0 Å². The minimum Gasteiger partial charge on any atom is -0.315 e. The molecule has 0 fully saturated rings. The van der Waals surface area contributed by atoms with Crippen molar-refractivity contribution in [2.75, 3.05) is 6.54 Å². The summed E-state index contributed by atoms with van der Waals surface area (Å²) >= 11 is 0. The van der Waals surface area contributed by atoms with Crippen LogP contribution < -0.4 is 5.32 Å². The normalized spacial score (nSPS) is 12.2. The van der Waals surface area contributed by atoms with E-state index in [4.69, 9.17) is 0 Å². The monoisotopic (exact) mass is 255 g/mol. The Kier molecular flexibility index (Phi) is 4.85. The van der Waals surface area contributed by atoms with Gasteiger partial charge in [0, 0.05) is 6.04 Å². The van der Waals surface area contributed by atoms with Crippen molar-refractivity contribution in [1.82, 2.24) is 5.32 Å².